The smallest absolute Gasteiger partial charge is 0.281 e. The van der Waals surface area contributed by atoms with Gasteiger partial charge >= 0.3 is 0 Å². The Morgan fingerprint density at radius 2 is 2.18 bits per heavy atom. The molecule has 0 amide bonds. The molecule has 102 valence electrons. The van der Waals surface area contributed by atoms with Crippen molar-refractivity contribution in [1.29, 1.82) is 0 Å². The van der Waals surface area contributed by atoms with Gasteiger partial charge in [0.25, 0.3) is 10.2 Å². The molecule has 1 atom stereocenters. The minimum absolute atomic E-state index is 0.201. The Bertz CT molecular complexity index is 319. The highest BCUT2D eigenvalue weighted by atomic mass is 32.2. The molecule has 1 unspecified atom stereocenters. The Morgan fingerprint density at radius 3 is 2.76 bits per heavy atom. The molecule has 0 bridgehead atoms. The second-order valence-corrected chi connectivity index (χ2v) is 6.59. The van der Waals surface area contributed by atoms with E-state index in [-0.39, 0.29) is 6.04 Å². The molecule has 6 heteroatoms. The van der Waals surface area contributed by atoms with Gasteiger partial charge in [0.05, 0.1) is 0 Å². The zero-order valence-corrected chi connectivity index (χ0v) is 12.0. The zero-order valence-electron chi connectivity index (χ0n) is 11.1. The quantitative estimate of drug-likeness (QED) is 0.686. The van der Waals surface area contributed by atoms with Crippen LogP contribution in [0, 0.1) is 0 Å². The average Bonchev–Trinajstić information content (AvgIpc) is 2.77. The summed E-state index contributed by atoms with van der Waals surface area (Å²) >= 11 is 0. The largest absolute Gasteiger partial charge is 0.320 e. The first kappa shape index (κ1) is 14.9. The summed E-state index contributed by atoms with van der Waals surface area (Å²) in [4.78, 5) is 0. The molecule has 0 saturated carbocycles. The van der Waals surface area contributed by atoms with E-state index in [1.54, 1.807) is 11.4 Å². The Morgan fingerprint density at radius 1 is 1.47 bits per heavy atom. The highest BCUT2D eigenvalue weighted by molar-refractivity contribution is 7.86. The van der Waals surface area contributed by atoms with Crippen molar-refractivity contribution >= 4 is 10.2 Å². The van der Waals surface area contributed by atoms with Crippen molar-refractivity contribution in [3.63, 3.8) is 0 Å². The molecule has 1 rings (SSSR count). The Hall–Kier alpha value is -0.170. The number of hydrogen-bond acceptors (Lipinski definition) is 3. The van der Waals surface area contributed by atoms with E-state index in [1.165, 1.54) is 4.31 Å². The van der Waals surface area contributed by atoms with Gasteiger partial charge in [-0.2, -0.15) is 17.0 Å². The molecule has 0 aliphatic carbocycles. The first-order valence-corrected chi connectivity index (χ1v) is 7.81. The lowest BCUT2D eigenvalue weighted by Crippen LogP contribution is -2.44. The third-order valence-corrected chi connectivity index (χ3v) is 5.43. The fraction of sp³-hybridized carbons (Fsp3) is 1.00. The predicted octanol–water partition coefficient (Wildman–Crippen LogP) is 0.647. The monoisotopic (exact) mass is 263 g/mol. The molecule has 0 aromatic rings. The van der Waals surface area contributed by atoms with Crippen LogP contribution < -0.4 is 5.32 Å². The Kier molecular flexibility index (Phi) is 5.85. The Balaban J connectivity index is 2.60. The van der Waals surface area contributed by atoms with Crippen LogP contribution in [0.5, 0.6) is 0 Å². The van der Waals surface area contributed by atoms with Crippen molar-refractivity contribution < 1.29 is 8.42 Å². The molecular weight excluding hydrogens is 238 g/mol. The van der Waals surface area contributed by atoms with Crippen molar-refractivity contribution in [2.75, 3.05) is 33.7 Å². The van der Waals surface area contributed by atoms with Gasteiger partial charge in [-0.1, -0.05) is 6.92 Å². The summed E-state index contributed by atoms with van der Waals surface area (Å²) in [6.07, 6.45) is 3.74. The summed E-state index contributed by atoms with van der Waals surface area (Å²) in [5.41, 5.74) is 0. The van der Waals surface area contributed by atoms with Crippen LogP contribution in [0.4, 0.5) is 0 Å². The first-order valence-electron chi connectivity index (χ1n) is 6.41. The van der Waals surface area contributed by atoms with E-state index in [0.717, 1.165) is 32.2 Å². The van der Waals surface area contributed by atoms with Gasteiger partial charge in [-0.05, 0) is 39.3 Å². The van der Waals surface area contributed by atoms with Crippen LogP contribution in [0.15, 0.2) is 0 Å². The van der Waals surface area contributed by atoms with Crippen molar-refractivity contribution in [2.45, 2.75) is 38.6 Å². The number of nitrogens with zero attached hydrogens (tertiary/aromatic N) is 2. The van der Waals surface area contributed by atoms with E-state index < -0.39 is 10.2 Å². The lowest BCUT2D eigenvalue weighted by atomic mass is 10.2. The van der Waals surface area contributed by atoms with E-state index in [1.807, 2.05) is 7.05 Å². The molecule has 0 radical (unpaired) electrons. The first-order chi connectivity index (χ1) is 8.04. The van der Waals surface area contributed by atoms with E-state index in [9.17, 15) is 8.42 Å². The van der Waals surface area contributed by atoms with E-state index >= 15 is 0 Å². The fourth-order valence-corrected chi connectivity index (χ4v) is 4.00. The minimum Gasteiger partial charge on any atom is -0.320 e. The van der Waals surface area contributed by atoms with Gasteiger partial charge < -0.3 is 5.32 Å². The molecule has 0 aromatic heterocycles. The lowest BCUT2D eigenvalue weighted by molar-refractivity contribution is 0.336. The van der Waals surface area contributed by atoms with Gasteiger partial charge in [-0.25, -0.2) is 0 Å². The van der Waals surface area contributed by atoms with Crippen molar-refractivity contribution in [2.24, 2.45) is 0 Å². The summed E-state index contributed by atoms with van der Waals surface area (Å²) < 4.78 is 27.8. The maximum Gasteiger partial charge on any atom is 0.281 e. The molecule has 17 heavy (non-hydrogen) atoms. The molecule has 0 aromatic carbocycles. The van der Waals surface area contributed by atoms with Gasteiger partial charge in [0, 0.05) is 26.2 Å². The zero-order chi connectivity index (χ0) is 12.9. The highest BCUT2D eigenvalue weighted by Gasteiger charge is 2.35. The molecule has 1 aliphatic rings. The highest BCUT2D eigenvalue weighted by Crippen LogP contribution is 2.24. The summed E-state index contributed by atoms with van der Waals surface area (Å²) in [5.74, 6) is 0. The molecule has 1 aliphatic heterocycles. The average molecular weight is 263 g/mol. The third-order valence-electron chi connectivity index (χ3n) is 3.38. The van der Waals surface area contributed by atoms with Gasteiger partial charge in [0.15, 0.2) is 0 Å². The molecule has 1 fully saturated rings. The summed E-state index contributed by atoms with van der Waals surface area (Å²) in [5, 5.41) is 3.03. The van der Waals surface area contributed by atoms with E-state index in [4.69, 9.17) is 0 Å². The van der Waals surface area contributed by atoms with Crippen LogP contribution in [0.25, 0.3) is 0 Å². The molecular formula is C11H25N3O2S. The Labute approximate surface area is 105 Å². The maximum absolute atomic E-state index is 12.3. The standard InChI is InChI=1S/C11H25N3O2S/c1-4-11-7-5-10-14(11)17(15,16)13(3)9-6-8-12-2/h11-12H,4-10H2,1-3H3. The van der Waals surface area contributed by atoms with Gasteiger partial charge in [0.2, 0.25) is 0 Å². The lowest BCUT2D eigenvalue weighted by Gasteiger charge is -2.28. The van der Waals surface area contributed by atoms with Crippen LogP contribution >= 0.6 is 0 Å². The minimum atomic E-state index is -3.24. The molecule has 0 spiro atoms. The normalized spacial score (nSPS) is 22.5. The van der Waals surface area contributed by atoms with Crippen molar-refractivity contribution in [3.8, 4) is 0 Å². The maximum atomic E-state index is 12.3. The second kappa shape index (κ2) is 6.68. The SMILES string of the molecule is CCC1CCCN1S(=O)(=O)N(C)CCCNC. The molecule has 1 heterocycles. The van der Waals surface area contributed by atoms with Crippen LogP contribution in [0.1, 0.15) is 32.6 Å². The van der Waals surface area contributed by atoms with Gasteiger partial charge in [-0.15, -0.1) is 0 Å². The van der Waals surface area contributed by atoms with Crippen molar-refractivity contribution in [1.82, 2.24) is 13.9 Å². The summed E-state index contributed by atoms with van der Waals surface area (Å²) in [6, 6.07) is 0.201. The van der Waals surface area contributed by atoms with Gasteiger partial charge in [-0.3, -0.25) is 0 Å². The molecule has 1 saturated heterocycles. The van der Waals surface area contributed by atoms with E-state index in [0.29, 0.717) is 13.1 Å². The molecule has 5 nitrogen and oxygen atoms in total. The fourth-order valence-electron chi connectivity index (χ4n) is 2.29. The second-order valence-electron chi connectivity index (χ2n) is 4.60. The van der Waals surface area contributed by atoms with Crippen LogP contribution in [0.2, 0.25) is 0 Å². The van der Waals surface area contributed by atoms with E-state index in [2.05, 4.69) is 12.2 Å². The van der Waals surface area contributed by atoms with Crippen LogP contribution in [-0.2, 0) is 10.2 Å². The number of rotatable bonds is 7. The van der Waals surface area contributed by atoms with Gasteiger partial charge in [0.1, 0.15) is 0 Å². The molecule has 1 N–H and O–H groups in total. The van der Waals surface area contributed by atoms with Crippen LogP contribution in [-0.4, -0.2) is 56.8 Å². The number of nitrogens with one attached hydrogen (secondary N) is 1. The van der Waals surface area contributed by atoms with Crippen molar-refractivity contribution in [3.05, 3.63) is 0 Å². The third kappa shape index (κ3) is 3.64. The summed E-state index contributed by atoms with van der Waals surface area (Å²) in [7, 11) is 0.312. The topological polar surface area (TPSA) is 52.7 Å². The number of hydrogen-bond donors (Lipinski definition) is 1. The van der Waals surface area contributed by atoms with Crippen LogP contribution in [0.3, 0.4) is 0 Å². The summed E-state index contributed by atoms with van der Waals surface area (Å²) in [6.45, 7) is 4.16. The predicted molar refractivity (Wildman–Crippen MR) is 70.1 cm³/mol.